The summed E-state index contributed by atoms with van der Waals surface area (Å²) in [7, 11) is 0. The van der Waals surface area contributed by atoms with Crippen molar-refractivity contribution in [3.05, 3.63) is 175 Å². The smallest absolute Gasteiger partial charge is 0.0546 e. The number of hydrogen-bond acceptors (Lipinski definition) is 1. The summed E-state index contributed by atoms with van der Waals surface area (Å²) >= 11 is 0. The van der Waals surface area contributed by atoms with Gasteiger partial charge in [-0.3, -0.25) is 0 Å². The van der Waals surface area contributed by atoms with E-state index in [9.17, 15) is 0 Å². The fourth-order valence-electron chi connectivity index (χ4n) is 7.74. The van der Waals surface area contributed by atoms with Crippen molar-refractivity contribution in [2.45, 2.75) is 39.5 Å². The van der Waals surface area contributed by atoms with Crippen LogP contribution in [0.15, 0.2) is 164 Å². The number of para-hydroxylation sites is 2. The highest BCUT2D eigenvalue weighted by molar-refractivity contribution is 6.24. The van der Waals surface area contributed by atoms with E-state index in [0.29, 0.717) is 0 Å². The molecule has 49 heavy (non-hydrogen) atoms. The summed E-state index contributed by atoms with van der Waals surface area (Å²) in [5.41, 5.74) is 9.13. The first-order valence-electron chi connectivity index (χ1n) is 17.7. The Kier molecular flexibility index (Phi) is 8.42. The molecule has 0 fully saturated rings. The van der Waals surface area contributed by atoms with Gasteiger partial charge >= 0.3 is 0 Å². The second-order valence-electron chi connectivity index (χ2n) is 13.0. The maximum atomic E-state index is 2.51. The van der Waals surface area contributed by atoms with Crippen molar-refractivity contribution in [1.82, 2.24) is 0 Å². The molecule has 0 radical (unpaired) electrons. The molecule has 0 amide bonds. The summed E-state index contributed by atoms with van der Waals surface area (Å²) in [5, 5.41) is 10.3. The van der Waals surface area contributed by atoms with E-state index < -0.39 is 0 Å². The van der Waals surface area contributed by atoms with Crippen LogP contribution in [-0.2, 0) is 0 Å². The second kappa shape index (κ2) is 13.5. The average Bonchev–Trinajstić information content (AvgIpc) is 3.17. The lowest BCUT2D eigenvalue weighted by Gasteiger charge is -2.28. The summed E-state index contributed by atoms with van der Waals surface area (Å²) < 4.78 is 0. The standard InChI is InChI=1S/C48H41N/c1-3-17-39(36-30-29-34-19-11-12-20-35(34)31-36)40(18-4-2)45-32-46-43-27-15-16-28-44(43)48(33-47(46)42-26-14-13-25-41(42)45)49(37-21-7-5-8-22-37)38-23-9-6-10-24-38/h5-16,19-33H,3-4,17-18H2,1-2H3/b40-39+. The summed E-state index contributed by atoms with van der Waals surface area (Å²) in [4.78, 5) is 2.41. The van der Waals surface area contributed by atoms with E-state index in [-0.39, 0.29) is 0 Å². The van der Waals surface area contributed by atoms with Gasteiger partial charge in [-0.15, -0.1) is 0 Å². The van der Waals surface area contributed by atoms with Crippen LogP contribution in [0.4, 0.5) is 17.1 Å². The molecule has 0 saturated heterocycles. The molecule has 0 bridgehead atoms. The SMILES string of the molecule is CCC/C(=C(/CCC)c1cc2c3ccccc3c(N(c3ccccc3)c3ccccc3)cc2c2ccccc12)c1ccc2ccccc2c1. The van der Waals surface area contributed by atoms with Gasteiger partial charge in [-0.1, -0.05) is 148 Å². The molecule has 1 nitrogen and oxygen atoms in total. The minimum Gasteiger partial charge on any atom is -0.310 e. The van der Waals surface area contributed by atoms with Crippen LogP contribution in [0.1, 0.15) is 50.7 Å². The van der Waals surface area contributed by atoms with E-state index in [2.05, 4.69) is 183 Å². The van der Waals surface area contributed by atoms with Gasteiger partial charge in [0.25, 0.3) is 0 Å². The number of fused-ring (bicyclic) bond motifs is 6. The lowest BCUT2D eigenvalue weighted by Crippen LogP contribution is -2.10. The van der Waals surface area contributed by atoms with E-state index in [1.165, 1.54) is 71.1 Å². The number of rotatable bonds is 9. The van der Waals surface area contributed by atoms with Gasteiger partial charge in [-0.25, -0.2) is 0 Å². The summed E-state index contributed by atoms with van der Waals surface area (Å²) in [6.07, 6.45) is 4.26. The molecule has 0 aromatic heterocycles. The molecule has 8 aromatic carbocycles. The van der Waals surface area contributed by atoms with Crippen molar-refractivity contribution in [3.8, 4) is 0 Å². The Labute approximate surface area is 289 Å². The predicted octanol–water partition coefficient (Wildman–Crippen LogP) is 14.3. The first kappa shape index (κ1) is 30.7. The minimum absolute atomic E-state index is 1.03. The van der Waals surface area contributed by atoms with E-state index >= 15 is 0 Å². The highest BCUT2D eigenvalue weighted by Crippen LogP contribution is 2.46. The third-order valence-corrected chi connectivity index (χ3v) is 9.92. The van der Waals surface area contributed by atoms with Gasteiger partial charge in [-0.05, 0) is 115 Å². The highest BCUT2D eigenvalue weighted by atomic mass is 15.1. The van der Waals surface area contributed by atoms with Crippen LogP contribution >= 0.6 is 0 Å². The highest BCUT2D eigenvalue weighted by Gasteiger charge is 2.21. The van der Waals surface area contributed by atoms with Crippen LogP contribution in [0.2, 0.25) is 0 Å². The molecule has 0 spiro atoms. The van der Waals surface area contributed by atoms with Crippen LogP contribution in [0.5, 0.6) is 0 Å². The molecule has 1 heteroatoms. The Balaban J connectivity index is 1.45. The van der Waals surface area contributed by atoms with E-state index in [1.54, 1.807) is 0 Å². The molecular weight excluding hydrogens is 591 g/mol. The Bertz CT molecular complexity index is 2420. The Morgan fingerprint density at radius 1 is 0.408 bits per heavy atom. The molecule has 0 aliphatic rings. The molecule has 0 N–H and O–H groups in total. The molecule has 0 atom stereocenters. The van der Waals surface area contributed by atoms with E-state index in [1.807, 2.05) is 0 Å². The van der Waals surface area contributed by atoms with Gasteiger partial charge in [0.05, 0.1) is 5.69 Å². The van der Waals surface area contributed by atoms with Crippen molar-refractivity contribution < 1.29 is 0 Å². The Hall–Kier alpha value is -5.66. The summed E-state index contributed by atoms with van der Waals surface area (Å²) in [6, 6.07) is 60.3. The van der Waals surface area contributed by atoms with Crippen LogP contribution < -0.4 is 4.90 Å². The summed E-state index contributed by atoms with van der Waals surface area (Å²) in [6.45, 7) is 4.62. The monoisotopic (exact) mass is 631 g/mol. The molecule has 0 unspecified atom stereocenters. The molecule has 8 aromatic rings. The van der Waals surface area contributed by atoms with Gasteiger partial charge < -0.3 is 4.90 Å². The zero-order valence-corrected chi connectivity index (χ0v) is 28.4. The van der Waals surface area contributed by atoms with Gasteiger partial charge in [0, 0.05) is 16.8 Å². The minimum atomic E-state index is 1.03. The van der Waals surface area contributed by atoms with Crippen LogP contribution in [0, 0.1) is 0 Å². The quantitative estimate of drug-likeness (QED) is 0.113. The lowest BCUT2D eigenvalue weighted by molar-refractivity contribution is 0.946. The van der Waals surface area contributed by atoms with E-state index in [4.69, 9.17) is 0 Å². The zero-order chi connectivity index (χ0) is 33.2. The third kappa shape index (κ3) is 5.66. The maximum Gasteiger partial charge on any atom is 0.0546 e. The van der Waals surface area contributed by atoms with E-state index in [0.717, 1.165) is 37.1 Å². The lowest BCUT2D eigenvalue weighted by atomic mass is 9.84. The van der Waals surface area contributed by atoms with Crippen LogP contribution in [0.25, 0.3) is 54.2 Å². The number of nitrogens with zero attached hydrogens (tertiary/aromatic N) is 1. The molecule has 0 aliphatic carbocycles. The topological polar surface area (TPSA) is 3.24 Å². The fourth-order valence-corrected chi connectivity index (χ4v) is 7.74. The molecule has 0 saturated carbocycles. The first-order chi connectivity index (χ1) is 24.2. The largest absolute Gasteiger partial charge is 0.310 e. The van der Waals surface area contributed by atoms with Crippen molar-refractivity contribution in [3.63, 3.8) is 0 Å². The summed E-state index contributed by atoms with van der Waals surface area (Å²) in [5.74, 6) is 0. The predicted molar refractivity (Wildman–Crippen MR) is 214 cm³/mol. The normalized spacial score (nSPS) is 12.1. The van der Waals surface area contributed by atoms with Crippen molar-refractivity contribution in [2.24, 2.45) is 0 Å². The van der Waals surface area contributed by atoms with Gasteiger partial charge in [0.1, 0.15) is 0 Å². The molecule has 238 valence electrons. The molecule has 8 rings (SSSR count). The average molecular weight is 632 g/mol. The van der Waals surface area contributed by atoms with Crippen molar-refractivity contribution in [2.75, 3.05) is 4.90 Å². The first-order valence-corrected chi connectivity index (χ1v) is 17.7. The second-order valence-corrected chi connectivity index (χ2v) is 13.0. The van der Waals surface area contributed by atoms with Crippen LogP contribution in [0.3, 0.4) is 0 Å². The zero-order valence-electron chi connectivity index (χ0n) is 28.4. The Morgan fingerprint density at radius 3 is 1.57 bits per heavy atom. The molecular formula is C48H41N. The Morgan fingerprint density at radius 2 is 0.918 bits per heavy atom. The van der Waals surface area contributed by atoms with Gasteiger partial charge in [-0.2, -0.15) is 0 Å². The van der Waals surface area contributed by atoms with Gasteiger partial charge in [0.2, 0.25) is 0 Å². The number of benzene rings is 8. The van der Waals surface area contributed by atoms with Gasteiger partial charge in [0.15, 0.2) is 0 Å². The third-order valence-electron chi connectivity index (χ3n) is 9.92. The maximum absolute atomic E-state index is 2.51. The van der Waals surface area contributed by atoms with Crippen molar-refractivity contribution in [1.29, 1.82) is 0 Å². The number of hydrogen-bond donors (Lipinski definition) is 0. The van der Waals surface area contributed by atoms with Crippen LogP contribution in [-0.4, -0.2) is 0 Å². The molecule has 0 aliphatic heterocycles. The van der Waals surface area contributed by atoms with Crippen molar-refractivity contribution >= 4 is 71.3 Å². The molecule has 0 heterocycles. The number of anilines is 3. The fraction of sp³-hybridized carbons (Fsp3) is 0.125. The number of allylic oxidation sites excluding steroid dienone is 2.